The van der Waals surface area contributed by atoms with E-state index >= 15 is 0 Å². The van der Waals surface area contributed by atoms with Gasteiger partial charge in [-0.1, -0.05) is 39.0 Å². The van der Waals surface area contributed by atoms with Crippen LogP contribution < -0.4 is 0 Å². The van der Waals surface area contributed by atoms with E-state index in [-0.39, 0.29) is 0 Å². The van der Waals surface area contributed by atoms with Crippen molar-refractivity contribution in [2.24, 2.45) is 0 Å². The van der Waals surface area contributed by atoms with Crippen molar-refractivity contribution >= 4 is 10.9 Å². The Morgan fingerprint density at radius 1 is 1.35 bits per heavy atom. The normalized spacial score (nSPS) is 10.8. The first kappa shape index (κ1) is 11.6. The molecule has 2 rings (SSSR count). The van der Waals surface area contributed by atoms with Gasteiger partial charge < -0.3 is 0 Å². The minimum absolute atomic E-state index is 0.344. The van der Waals surface area contributed by atoms with Crippen LogP contribution in [-0.2, 0) is 6.42 Å². The minimum Gasteiger partial charge on any atom is -0.252 e. The van der Waals surface area contributed by atoms with Gasteiger partial charge in [0.05, 0.1) is 17.1 Å². The average Bonchev–Trinajstić information content (AvgIpc) is 2.36. The monoisotopic (exact) mass is 224 g/mol. The molecule has 0 saturated heterocycles. The molecule has 0 aliphatic carbocycles. The third-order valence-electron chi connectivity index (χ3n) is 3.04. The maximum absolute atomic E-state index is 9.23. The van der Waals surface area contributed by atoms with Crippen molar-refractivity contribution in [3.63, 3.8) is 0 Å². The highest BCUT2D eigenvalue weighted by Gasteiger charge is 2.10. The third-order valence-corrected chi connectivity index (χ3v) is 3.04. The second-order valence-corrected chi connectivity index (χ2v) is 4.53. The zero-order valence-corrected chi connectivity index (χ0v) is 10.5. The van der Waals surface area contributed by atoms with Gasteiger partial charge in [0.15, 0.2) is 0 Å². The summed E-state index contributed by atoms with van der Waals surface area (Å²) in [6.45, 7) is 6.32. The Bertz CT molecular complexity index is 592. The first-order valence-corrected chi connectivity index (χ1v) is 6.00. The lowest BCUT2D eigenvalue weighted by atomic mass is 10.0. The van der Waals surface area contributed by atoms with Gasteiger partial charge in [0, 0.05) is 11.1 Å². The van der Waals surface area contributed by atoms with Crippen molar-refractivity contribution in [3.05, 3.63) is 41.1 Å². The lowest BCUT2D eigenvalue weighted by molar-refractivity contribution is 0.828. The molecule has 2 heteroatoms. The fourth-order valence-electron chi connectivity index (χ4n) is 2.00. The maximum Gasteiger partial charge on any atom is 0.0999 e. The van der Waals surface area contributed by atoms with E-state index in [4.69, 9.17) is 4.98 Å². The summed E-state index contributed by atoms with van der Waals surface area (Å²) in [6.07, 6.45) is 0.941. The highest BCUT2D eigenvalue weighted by atomic mass is 14.7. The van der Waals surface area contributed by atoms with Gasteiger partial charge in [0.2, 0.25) is 0 Å². The van der Waals surface area contributed by atoms with E-state index in [1.165, 1.54) is 5.56 Å². The lowest BCUT2D eigenvalue weighted by Crippen LogP contribution is -1.98. The van der Waals surface area contributed by atoms with Gasteiger partial charge >= 0.3 is 0 Å². The molecule has 0 aliphatic rings. The summed E-state index contributed by atoms with van der Waals surface area (Å²) in [5, 5.41) is 10.2. The van der Waals surface area contributed by atoms with E-state index in [9.17, 15) is 5.26 Å². The smallest absolute Gasteiger partial charge is 0.0999 e. The van der Waals surface area contributed by atoms with Gasteiger partial charge in [-0.2, -0.15) is 5.26 Å². The minimum atomic E-state index is 0.344. The number of hydrogen-bond donors (Lipinski definition) is 0. The summed E-state index contributed by atoms with van der Waals surface area (Å²) < 4.78 is 0. The van der Waals surface area contributed by atoms with Crippen molar-refractivity contribution in [1.29, 1.82) is 5.26 Å². The molecule has 0 spiro atoms. The van der Waals surface area contributed by atoms with Crippen molar-refractivity contribution < 1.29 is 0 Å². The summed E-state index contributed by atoms with van der Waals surface area (Å²) >= 11 is 0. The largest absolute Gasteiger partial charge is 0.252 e. The van der Waals surface area contributed by atoms with Crippen molar-refractivity contribution in [2.45, 2.75) is 33.1 Å². The molecule has 0 saturated carbocycles. The van der Waals surface area contributed by atoms with Crippen LogP contribution in [0.3, 0.4) is 0 Å². The van der Waals surface area contributed by atoms with Gasteiger partial charge in [-0.15, -0.1) is 0 Å². The molecule has 0 N–H and O–H groups in total. The van der Waals surface area contributed by atoms with Gasteiger partial charge in [0.1, 0.15) is 0 Å². The molecule has 0 bridgehead atoms. The summed E-state index contributed by atoms with van der Waals surface area (Å²) in [7, 11) is 0. The van der Waals surface area contributed by atoms with Gasteiger partial charge in [-0.05, 0) is 24.0 Å². The second kappa shape index (κ2) is 4.55. The fourth-order valence-corrected chi connectivity index (χ4v) is 2.00. The number of rotatable bonds is 2. The number of fused-ring (bicyclic) bond motifs is 1. The lowest BCUT2D eigenvalue weighted by Gasteiger charge is -2.10. The Morgan fingerprint density at radius 2 is 2.12 bits per heavy atom. The predicted octanol–water partition coefficient (Wildman–Crippen LogP) is 3.79. The molecular formula is C15H16N2. The number of nitrogens with zero attached hydrogens (tertiary/aromatic N) is 2. The van der Waals surface area contributed by atoms with E-state index in [2.05, 4.69) is 32.9 Å². The van der Waals surface area contributed by atoms with Crippen LogP contribution in [0.25, 0.3) is 10.9 Å². The Hall–Kier alpha value is -1.88. The molecule has 0 fully saturated rings. The zero-order chi connectivity index (χ0) is 12.4. The Balaban J connectivity index is 2.84. The van der Waals surface area contributed by atoms with E-state index in [1.54, 1.807) is 0 Å². The highest BCUT2D eigenvalue weighted by molar-refractivity contribution is 5.87. The first-order chi connectivity index (χ1) is 8.17. The molecule has 0 unspecified atom stereocenters. The van der Waals surface area contributed by atoms with Crippen LogP contribution in [-0.4, -0.2) is 4.98 Å². The molecule has 2 nitrogen and oxygen atoms in total. The van der Waals surface area contributed by atoms with Crippen LogP contribution >= 0.6 is 0 Å². The average molecular weight is 224 g/mol. The van der Waals surface area contributed by atoms with Crippen molar-refractivity contribution in [1.82, 2.24) is 4.98 Å². The highest BCUT2D eigenvalue weighted by Crippen LogP contribution is 2.24. The van der Waals surface area contributed by atoms with Crippen LogP contribution in [0.1, 0.15) is 43.5 Å². The Kier molecular flexibility index (Phi) is 3.10. The third kappa shape index (κ3) is 2.01. The van der Waals surface area contributed by atoms with Crippen LogP contribution in [0.5, 0.6) is 0 Å². The number of aryl methyl sites for hydroxylation is 1. The van der Waals surface area contributed by atoms with Crippen LogP contribution in [0.2, 0.25) is 0 Å². The zero-order valence-electron chi connectivity index (χ0n) is 10.5. The molecule has 0 radical (unpaired) electrons. The van der Waals surface area contributed by atoms with Gasteiger partial charge in [0.25, 0.3) is 0 Å². The number of benzene rings is 1. The van der Waals surface area contributed by atoms with E-state index in [1.807, 2.05) is 18.2 Å². The van der Waals surface area contributed by atoms with Crippen LogP contribution in [0, 0.1) is 11.3 Å². The summed E-state index contributed by atoms with van der Waals surface area (Å²) in [4.78, 5) is 4.70. The SMILES string of the molecule is CCc1cccc2c(C#N)cc(C(C)C)nc12. The molecular weight excluding hydrogens is 208 g/mol. The standard InChI is InChI=1S/C15H16N2/c1-4-11-6-5-7-13-12(9-16)8-14(10(2)3)17-15(11)13/h5-8,10H,4H2,1-3H3. The quantitative estimate of drug-likeness (QED) is 0.778. The number of pyridine rings is 1. The Morgan fingerprint density at radius 3 is 2.71 bits per heavy atom. The van der Waals surface area contributed by atoms with Crippen molar-refractivity contribution in [3.8, 4) is 6.07 Å². The first-order valence-electron chi connectivity index (χ1n) is 6.00. The summed E-state index contributed by atoms with van der Waals surface area (Å²) in [5.74, 6) is 0.344. The molecule has 17 heavy (non-hydrogen) atoms. The van der Waals surface area contributed by atoms with Crippen molar-refractivity contribution in [2.75, 3.05) is 0 Å². The van der Waals surface area contributed by atoms with E-state index < -0.39 is 0 Å². The van der Waals surface area contributed by atoms with Crippen LogP contribution in [0.4, 0.5) is 0 Å². The molecule has 0 atom stereocenters. The van der Waals surface area contributed by atoms with Crippen LogP contribution in [0.15, 0.2) is 24.3 Å². The van der Waals surface area contributed by atoms with Gasteiger partial charge in [-0.3, -0.25) is 4.98 Å². The summed E-state index contributed by atoms with van der Waals surface area (Å²) in [5.41, 5.74) is 3.92. The predicted molar refractivity (Wildman–Crippen MR) is 69.9 cm³/mol. The number of hydrogen-bond acceptors (Lipinski definition) is 2. The van der Waals surface area contributed by atoms with E-state index in [0.717, 1.165) is 28.6 Å². The molecule has 1 aromatic heterocycles. The number of aromatic nitrogens is 1. The molecule has 0 aliphatic heterocycles. The molecule has 86 valence electrons. The maximum atomic E-state index is 9.23. The molecule has 1 heterocycles. The second-order valence-electron chi connectivity index (χ2n) is 4.53. The molecule has 1 aromatic carbocycles. The fraction of sp³-hybridized carbons (Fsp3) is 0.333. The topological polar surface area (TPSA) is 36.7 Å². The Labute approximate surface area is 102 Å². The number of nitriles is 1. The molecule has 2 aromatic rings. The summed E-state index contributed by atoms with van der Waals surface area (Å²) in [6, 6.07) is 10.2. The van der Waals surface area contributed by atoms with E-state index in [0.29, 0.717) is 5.92 Å². The molecule has 0 amide bonds. The number of para-hydroxylation sites is 1. The van der Waals surface area contributed by atoms with Gasteiger partial charge in [-0.25, -0.2) is 0 Å².